The molecule has 1 aliphatic rings. The smallest absolute Gasteiger partial charge is 0.428 e. The van der Waals surface area contributed by atoms with Crippen molar-refractivity contribution in [3.8, 4) is 0 Å². The summed E-state index contributed by atoms with van der Waals surface area (Å²) in [5.74, 6) is -2.79. The lowest BCUT2D eigenvalue weighted by atomic mass is 10.1. The van der Waals surface area contributed by atoms with Crippen LogP contribution in [0, 0.1) is 0 Å². The third kappa shape index (κ3) is 5.19. The molecule has 2 aromatic rings. The van der Waals surface area contributed by atoms with Crippen LogP contribution in [-0.4, -0.2) is 61.7 Å². The number of halogens is 5. The van der Waals surface area contributed by atoms with Crippen molar-refractivity contribution in [1.82, 2.24) is 19.1 Å². The van der Waals surface area contributed by atoms with Gasteiger partial charge in [0.05, 0.1) is 0 Å². The molecule has 1 fully saturated rings. The second-order valence-corrected chi connectivity index (χ2v) is 8.14. The largest absolute Gasteiger partial charge is 0.454 e. The fourth-order valence-electron chi connectivity index (χ4n) is 3.82. The van der Waals surface area contributed by atoms with Gasteiger partial charge >= 0.3 is 23.8 Å². The zero-order chi connectivity index (χ0) is 26.2. The minimum absolute atomic E-state index is 0.0179. The Bertz CT molecular complexity index is 1190. The van der Waals surface area contributed by atoms with Gasteiger partial charge in [-0.25, -0.2) is 13.8 Å². The zero-order valence-corrected chi connectivity index (χ0v) is 19.5. The van der Waals surface area contributed by atoms with Crippen molar-refractivity contribution in [3.05, 3.63) is 15.6 Å². The summed E-state index contributed by atoms with van der Waals surface area (Å²) in [5, 5.41) is -0.233. The molecule has 0 saturated carbocycles. The molecule has 11 nitrogen and oxygen atoms in total. The van der Waals surface area contributed by atoms with Gasteiger partial charge in [0, 0.05) is 20.4 Å². The molecule has 0 amide bonds. The van der Waals surface area contributed by atoms with Gasteiger partial charge in [0.1, 0.15) is 11.6 Å². The number of rotatable bonds is 7. The highest BCUT2D eigenvalue weighted by Crippen LogP contribution is 2.41. The minimum Gasteiger partial charge on any atom is -0.454 e. The third-order valence-corrected chi connectivity index (χ3v) is 5.45. The summed E-state index contributed by atoms with van der Waals surface area (Å²) in [6.07, 6.45) is -16.2. The van der Waals surface area contributed by atoms with Crippen LogP contribution >= 0.6 is 11.6 Å². The normalized spacial score (nSPS) is 23.4. The highest BCUT2D eigenvalue weighted by atomic mass is 35.5. The number of carbonyl (C=O) groups excluding carboxylic acids is 2. The first-order chi connectivity index (χ1) is 16.3. The van der Waals surface area contributed by atoms with Crippen molar-refractivity contribution in [2.24, 2.45) is 0 Å². The number of nitrogens with zero attached hydrogens (tertiary/aromatic N) is 4. The Balaban J connectivity index is 2.22. The van der Waals surface area contributed by atoms with Gasteiger partial charge in [0.15, 0.2) is 29.3 Å². The van der Waals surface area contributed by atoms with Gasteiger partial charge in [0.25, 0.3) is 0 Å². The molecule has 35 heavy (non-hydrogen) atoms. The minimum atomic E-state index is -5.24. The van der Waals surface area contributed by atoms with Crippen LogP contribution in [-0.2, 0) is 30.3 Å². The molecule has 0 bridgehead atoms. The quantitative estimate of drug-likeness (QED) is 0.326. The Morgan fingerprint density at radius 3 is 2.46 bits per heavy atom. The van der Waals surface area contributed by atoms with Gasteiger partial charge < -0.3 is 19.9 Å². The van der Waals surface area contributed by atoms with Gasteiger partial charge in [-0.05, 0) is 6.42 Å². The molecule has 0 radical (unpaired) electrons. The Morgan fingerprint density at radius 2 is 1.91 bits per heavy atom. The highest BCUT2D eigenvalue weighted by Gasteiger charge is 2.60. The van der Waals surface area contributed by atoms with E-state index < -0.39 is 54.5 Å². The van der Waals surface area contributed by atoms with Crippen molar-refractivity contribution in [3.63, 3.8) is 0 Å². The van der Waals surface area contributed by atoms with Gasteiger partial charge in [-0.1, -0.05) is 24.9 Å². The molecule has 3 heterocycles. The standard InChI is InChI=1S/C19H22ClF4N5O6/c1-4-5-6-28-10-14(20)26-17(25)27-15(10)29(18(28)32)16-12(33-7(2)30)9(21)11(35-16)13(19(22,23)24)34-8(3)31/h9,11-13,16H,4-6H2,1-3H3,(H2,25,26,27)/t9?,11?,12?,13-,16?/m1/s1. The molecule has 0 aromatic carbocycles. The maximum atomic E-state index is 15.4. The number of unbranched alkanes of at least 4 members (excludes halogenated alkanes) is 1. The first-order valence-electron chi connectivity index (χ1n) is 10.4. The molecule has 1 saturated heterocycles. The van der Waals surface area contributed by atoms with Crippen LogP contribution in [0.25, 0.3) is 11.2 Å². The van der Waals surface area contributed by atoms with E-state index in [0.717, 1.165) is 11.5 Å². The van der Waals surface area contributed by atoms with Crippen molar-refractivity contribution >= 4 is 40.7 Å². The van der Waals surface area contributed by atoms with Gasteiger partial charge in [0.2, 0.25) is 12.1 Å². The molecule has 0 aliphatic carbocycles. The maximum Gasteiger partial charge on any atom is 0.428 e. The van der Waals surface area contributed by atoms with Crippen LogP contribution < -0.4 is 11.4 Å². The molecule has 3 rings (SSSR count). The third-order valence-electron chi connectivity index (χ3n) is 5.19. The number of aryl methyl sites for hydroxylation is 1. The highest BCUT2D eigenvalue weighted by molar-refractivity contribution is 6.33. The summed E-state index contributed by atoms with van der Waals surface area (Å²) < 4.78 is 72.7. The monoisotopic (exact) mass is 527 g/mol. The van der Waals surface area contributed by atoms with Crippen LogP contribution in [0.2, 0.25) is 5.15 Å². The first-order valence-corrected chi connectivity index (χ1v) is 10.8. The Morgan fingerprint density at radius 1 is 1.26 bits per heavy atom. The van der Waals surface area contributed by atoms with Gasteiger partial charge in [-0.15, -0.1) is 0 Å². The molecule has 1 aliphatic heterocycles. The SMILES string of the molecule is CCCCn1c(=O)n(C2OC([C@@H](OC(C)=O)C(F)(F)F)C(F)C2OC(C)=O)c2nc(N)nc(Cl)c21. The van der Waals surface area contributed by atoms with Crippen LogP contribution in [0.15, 0.2) is 4.79 Å². The van der Waals surface area contributed by atoms with E-state index in [1.165, 1.54) is 0 Å². The molecule has 194 valence electrons. The van der Waals surface area contributed by atoms with E-state index in [4.69, 9.17) is 26.8 Å². The Hall–Kier alpha value is -2.94. The lowest BCUT2D eigenvalue weighted by molar-refractivity contribution is -0.252. The fourth-order valence-corrected chi connectivity index (χ4v) is 4.09. The van der Waals surface area contributed by atoms with Crippen molar-refractivity contribution in [2.75, 3.05) is 5.73 Å². The van der Waals surface area contributed by atoms with E-state index in [1.807, 2.05) is 6.92 Å². The van der Waals surface area contributed by atoms with Crippen molar-refractivity contribution in [1.29, 1.82) is 0 Å². The molecule has 2 aromatic heterocycles. The summed E-state index contributed by atoms with van der Waals surface area (Å²) in [6, 6.07) is 0. The van der Waals surface area contributed by atoms with Gasteiger partial charge in [-0.3, -0.25) is 14.2 Å². The van der Waals surface area contributed by atoms with Crippen molar-refractivity contribution in [2.45, 2.75) is 77.0 Å². The van der Waals surface area contributed by atoms with Crippen molar-refractivity contribution < 1.29 is 41.4 Å². The number of alkyl halides is 4. The fraction of sp³-hybridized carbons (Fsp3) is 0.632. The number of esters is 2. The van der Waals surface area contributed by atoms with E-state index in [1.54, 1.807) is 0 Å². The van der Waals surface area contributed by atoms with E-state index in [-0.39, 0.29) is 28.8 Å². The number of anilines is 1. The predicted octanol–water partition coefficient (Wildman–Crippen LogP) is 2.29. The second-order valence-electron chi connectivity index (χ2n) is 7.78. The summed E-state index contributed by atoms with van der Waals surface area (Å²) in [4.78, 5) is 44.0. The molecular formula is C19H22ClF4N5O6. The Kier molecular flexibility index (Phi) is 7.59. The summed E-state index contributed by atoms with van der Waals surface area (Å²) in [7, 11) is 0. The lowest BCUT2D eigenvalue weighted by Crippen LogP contribution is -2.47. The summed E-state index contributed by atoms with van der Waals surface area (Å²) >= 11 is 6.17. The van der Waals surface area contributed by atoms with Crippen LogP contribution in [0.4, 0.5) is 23.5 Å². The average molecular weight is 528 g/mol. The maximum absolute atomic E-state index is 15.4. The zero-order valence-electron chi connectivity index (χ0n) is 18.7. The molecule has 2 N–H and O–H groups in total. The molecule has 4 unspecified atom stereocenters. The average Bonchev–Trinajstić information content (AvgIpc) is 3.17. The van der Waals surface area contributed by atoms with E-state index in [2.05, 4.69) is 14.7 Å². The number of imidazole rings is 1. The number of carbonyl (C=O) groups is 2. The molecular weight excluding hydrogens is 506 g/mol. The topological polar surface area (TPSA) is 141 Å². The van der Waals surface area contributed by atoms with E-state index in [9.17, 15) is 27.6 Å². The first kappa shape index (κ1) is 26.7. The summed E-state index contributed by atoms with van der Waals surface area (Å²) in [5.41, 5.74) is 4.47. The molecule has 16 heteroatoms. The Labute approximate surface area is 200 Å². The second kappa shape index (κ2) is 9.97. The predicted molar refractivity (Wildman–Crippen MR) is 112 cm³/mol. The van der Waals surface area contributed by atoms with Crippen LogP contribution in [0.3, 0.4) is 0 Å². The lowest BCUT2D eigenvalue weighted by Gasteiger charge is -2.26. The van der Waals surface area contributed by atoms with E-state index >= 15 is 4.39 Å². The number of nitrogen functional groups attached to an aromatic ring is 1. The van der Waals surface area contributed by atoms with E-state index in [0.29, 0.717) is 24.3 Å². The molecule has 0 spiro atoms. The molecule has 5 atom stereocenters. The summed E-state index contributed by atoms with van der Waals surface area (Å²) in [6.45, 7) is 3.56. The van der Waals surface area contributed by atoms with Crippen LogP contribution in [0.1, 0.15) is 39.8 Å². The number of nitrogens with two attached hydrogens (primary N) is 1. The number of hydrogen-bond acceptors (Lipinski definition) is 9. The van der Waals surface area contributed by atoms with Crippen LogP contribution in [0.5, 0.6) is 0 Å². The number of hydrogen-bond donors (Lipinski definition) is 1. The number of aromatic nitrogens is 4. The number of ether oxygens (including phenoxy) is 3. The number of fused-ring (bicyclic) bond motifs is 1. The van der Waals surface area contributed by atoms with Gasteiger partial charge in [-0.2, -0.15) is 23.1 Å².